The quantitative estimate of drug-likeness (QED) is 0.0205. The molecule has 0 aliphatic carbocycles. The zero-order chi connectivity index (χ0) is 41.0. The molecule has 11 nitrogen and oxygen atoms in total. The normalized spacial score (nSPS) is 15.3. The summed E-state index contributed by atoms with van der Waals surface area (Å²) in [6.45, 7) is 3.75. The molecule has 55 heavy (non-hydrogen) atoms. The van der Waals surface area contributed by atoms with E-state index in [9.17, 15) is 29.3 Å². The summed E-state index contributed by atoms with van der Waals surface area (Å²) < 4.78 is 33.6. The van der Waals surface area contributed by atoms with Gasteiger partial charge in [0.15, 0.2) is 6.10 Å². The smallest absolute Gasteiger partial charge is 0.306 e. The number of carbonyl (C=O) groups excluding carboxylic acids is 2. The topological polar surface area (TPSA) is 152 Å². The van der Waals surface area contributed by atoms with Crippen LogP contribution < -0.4 is 4.89 Å². The number of esters is 2. The van der Waals surface area contributed by atoms with Gasteiger partial charge in [0.25, 0.3) is 7.82 Å². The Balaban J connectivity index is 4.63. The van der Waals surface area contributed by atoms with Crippen molar-refractivity contribution in [2.75, 3.05) is 47.5 Å². The number of allylic oxidation sites excluding steroid dienone is 7. The molecule has 0 fully saturated rings. The zero-order valence-corrected chi connectivity index (χ0v) is 36.0. The summed E-state index contributed by atoms with van der Waals surface area (Å²) in [5.74, 6) is -1.12. The highest BCUT2D eigenvalue weighted by molar-refractivity contribution is 7.45. The van der Waals surface area contributed by atoms with Crippen molar-refractivity contribution in [2.24, 2.45) is 0 Å². The predicted molar refractivity (Wildman–Crippen MR) is 220 cm³/mol. The first-order chi connectivity index (χ1) is 26.3. The van der Waals surface area contributed by atoms with E-state index < -0.39 is 44.7 Å². The summed E-state index contributed by atoms with van der Waals surface area (Å²) in [4.78, 5) is 37.5. The number of phosphoric ester groups is 1. The summed E-state index contributed by atoms with van der Waals surface area (Å²) >= 11 is 0. The van der Waals surface area contributed by atoms with Crippen molar-refractivity contribution in [3.63, 3.8) is 0 Å². The van der Waals surface area contributed by atoms with E-state index in [0.717, 1.165) is 44.9 Å². The van der Waals surface area contributed by atoms with Crippen molar-refractivity contribution in [2.45, 2.75) is 167 Å². The van der Waals surface area contributed by atoms with Crippen LogP contribution in [0.3, 0.4) is 0 Å². The van der Waals surface area contributed by atoms with Crippen molar-refractivity contribution in [1.82, 2.24) is 0 Å². The van der Waals surface area contributed by atoms with E-state index in [4.69, 9.17) is 18.5 Å². The Bertz CT molecular complexity index is 1120. The molecule has 0 aromatic carbocycles. The lowest BCUT2D eigenvalue weighted by Gasteiger charge is -2.28. The number of carbonyl (C=O) groups is 2. The number of hydrogen-bond acceptors (Lipinski definition) is 10. The van der Waals surface area contributed by atoms with Crippen LogP contribution in [0.2, 0.25) is 0 Å². The van der Waals surface area contributed by atoms with Crippen LogP contribution in [-0.4, -0.2) is 92.5 Å². The summed E-state index contributed by atoms with van der Waals surface area (Å²) in [7, 11) is 1.01. The summed E-state index contributed by atoms with van der Waals surface area (Å²) in [6.07, 6.45) is 31.7. The Morgan fingerprint density at radius 1 is 0.655 bits per heavy atom. The molecule has 0 saturated heterocycles. The van der Waals surface area contributed by atoms with Gasteiger partial charge in [-0.25, -0.2) is 0 Å². The third-order valence-corrected chi connectivity index (χ3v) is 9.78. The molecule has 12 heteroatoms. The lowest BCUT2D eigenvalue weighted by Crippen LogP contribution is -2.37. The number of hydrogen-bond donors (Lipinski definition) is 2. The van der Waals surface area contributed by atoms with Crippen LogP contribution in [-0.2, 0) is 32.7 Å². The van der Waals surface area contributed by atoms with E-state index in [1.807, 2.05) is 33.3 Å². The van der Waals surface area contributed by atoms with Crippen molar-refractivity contribution >= 4 is 19.8 Å². The number of aliphatic hydroxyl groups excluding tert-OH is 2. The molecule has 0 rings (SSSR count). The second-order valence-electron chi connectivity index (χ2n) is 15.3. The molecule has 0 aromatic heterocycles. The largest absolute Gasteiger partial charge is 0.756 e. The highest BCUT2D eigenvalue weighted by Crippen LogP contribution is 2.38. The molecule has 0 amide bonds. The third-order valence-electron chi connectivity index (χ3n) is 8.81. The average Bonchev–Trinajstić information content (AvgIpc) is 3.12. The van der Waals surface area contributed by atoms with Crippen LogP contribution in [0.1, 0.15) is 149 Å². The third kappa shape index (κ3) is 37.2. The van der Waals surface area contributed by atoms with Crippen LogP contribution in [0.5, 0.6) is 0 Å². The predicted octanol–water partition coefficient (Wildman–Crippen LogP) is 8.83. The van der Waals surface area contributed by atoms with Crippen LogP contribution >= 0.6 is 7.82 Å². The highest BCUT2D eigenvalue weighted by atomic mass is 31.2. The maximum Gasteiger partial charge on any atom is 0.306 e. The molecular weight excluding hydrogens is 721 g/mol. The van der Waals surface area contributed by atoms with E-state index >= 15 is 0 Å². The molecule has 320 valence electrons. The van der Waals surface area contributed by atoms with Gasteiger partial charge in [-0.1, -0.05) is 133 Å². The molecule has 0 aliphatic rings. The van der Waals surface area contributed by atoms with Gasteiger partial charge in [-0.05, 0) is 51.4 Å². The number of likely N-dealkylation sites (N-methyl/N-ethyl adjacent to an activating group) is 1. The van der Waals surface area contributed by atoms with Crippen molar-refractivity contribution in [1.29, 1.82) is 0 Å². The number of ether oxygens (including phenoxy) is 2. The van der Waals surface area contributed by atoms with Gasteiger partial charge in [0.1, 0.15) is 19.8 Å². The fourth-order valence-corrected chi connectivity index (χ4v) is 6.12. The van der Waals surface area contributed by atoms with Crippen LogP contribution in [0, 0.1) is 0 Å². The van der Waals surface area contributed by atoms with Gasteiger partial charge in [-0.15, -0.1) is 0 Å². The molecule has 0 heterocycles. The number of aliphatic hydroxyl groups is 2. The van der Waals surface area contributed by atoms with Crippen molar-refractivity contribution in [3.05, 3.63) is 48.6 Å². The van der Waals surface area contributed by atoms with Gasteiger partial charge in [0, 0.05) is 12.8 Å². The lowest BCUT2D eigenvalue weighted by atomic mass is 10.0. The van der Waals surface area contributed by atoms with E-state index in [0.29, 0.717) is 17.4 Å². The molecule has 0 radical (unpaired) electrons. The Morgan fingerprint density at radius 3 is 1.71 bits per heavy atom. The first-order valence-electron chi connectivity index (χ1n) is 21.0. The number of quaternary nitrogens is 1. The average molecular weight is 800 g/mol. The van der Waals surface area contributed by atoms with Gasteiger partial charge < -0.3 is 38.1 Å². The maximum atomic E-state index is 12.6. The van der Waals surface area contributed by atoms with Gasteiger partial charge >= 0.3 is 11.9 Å². The second kappa shape index (κ2) is 35.1. The van der Waals surface area contributed by atoms with E-state index in [1.165, 1.54) is 51.4 Å². The maximum absolute atomic E-state index is 12.6. The monoisotopic (exact) mass is 800 g/mol. The molecule has 0 spiro atoms. The molecule has 0 aromatic rings. The first-order valence-corrected chi connectivity index (χ1v) is 22.5. The Kier molecular flexibility index (Phi) is 33.7. The van der Waals surface area contributed by atoms with Crippen molar-refractivity contribution in [3.8, 4) is 0 Å². The Hall–Kier alpha value is -2.11. The Labute approximate surface area is 334 Å². The first kappa shape index (κ1) is 52.9. The van der Waals surface area contributed by atoms with E-state index in [2.05, 4.69) is 50.3 Å². The van der Waals surface area contributed by atoms with Crippen molar-refractivity contribution < 1.29 is 52.3 Å². The number of rotatable bonds is 37. The SMILES string of the molecule is CC/C=C\C/C=C\C/C=C\C/C=C\C[C@H](O)[C@@H](O)CCCC(=O)OC[C@H](COP(=O)([O-])OCC[N+](C)(C)C)OC(=O)CCCCCCCCCCCCCC. The van der Waals surface area contributed by atoms with E-state index in [-0.39, 0.29) is 45.3 Å². The molecule has 4 atom stereocenters. The number of unbranched alkanes of at least 4 members (excludes halogenated alkanes) is 11. The number of phosphoric acid groups is 1. The molecule has 2 N–H and O–H groups in total. The highest BCUT2D eigenvalue weighted by Gasteiger charge is 2.22. The van der Waals surface area contributed by atoms with E-state index in [1.54, 1.807) is 0 Å². The lowest BCUT2D eigenvalue weighted by molar-refractivity contribution is -0.870. The zero-order valence-electron chi connectivity index (χ0n) is 35.1. The summed E-state index contributed by atoms with van der Waals surface area (Å²) in [6, 6.07) is 0. The molecule has 0 bridgehead atoms. The van der Waals surface area contributed by atoms with Gasteiger partial charge in [-0.2, -0.15) is 0 Å². The van der Waals surface area contributed by atoms with Gasteiger partial charge in [-0.3, -0.25) is 14.2 Å². The molecule has 1 unspecified atom stereocenters. The molecular formula is C43H78NO10P. The Morgan fingerprint density at radius 2 is 1.16 bits per heavy atom. The molecule has 0 saturated carbocycles. The number of nitrogens with zero attached hydrogens (tertiary/aromatic N) is 1. The van der Waals surface area contributed by atoms with Gasteiger partial charge in [0.2, 0.25) is 0 Å². The summed E-state index contributed by atoms with van der Waals surface area (Å²) in [5, 5.41) is 20.7. The minimum atomic E-state index is -4.69. The fraction of sp³-hybridized carbons (Fsp3) is 0.767. The summed E-state index contributed by atoms with van der Waals surface area (Å²) in [5.41, 5.74) is 0. The van der Waals surface area contributed by atoms with Crippen LogP contribution in [0.4, 0.5) is 0 Å². The molecule has 0 aliphatic heterocycles. The minimum Gasteiger partial charge on any atom is -0.756 e. The minimum absolute atomic E-state index is 0.0393. The van der Waals surface area contributed by atoms with Crippen LogP contribution in [0.25, 0.3) is 0 Å². The van der Waals surface area contributed by atoms with Gasteiger partial charge in [0.05, 0.1) is 40.0 Å². The fourth-order valence-electron chi connectivity index (χ4n) is 5.39. The standard InChI is InChI=1S/C43H78NO10P/c1-6-8-10-12-14-16-18-20-22-24-26-28-31-40(45)41(46)32-30-34-42(47)51-37-39(38-53-55(49,50)52-36-35-44(3,4)5)54-43(48)33-29-27-25-23-21-19-17-15-13-11-9-7-2/h8,10,14,16,20,22,26,28,39-41,45-46H,6-7,9,11-13,15,17-19,21,23-25,27,29-38H2,1-5H3/b10-8-,16-14-,22-20-,28-26-/t39-,40+,41+/m1/s1. The second-order valence-corrected chi connectivity index (χ2v) is 16.7. The van der Waals surface area contributed by atoms with Crippen LogP contribution in [0.15, 0.2) is 48.6 Å².